The number of hydrogen-bond acceptors (Lipinski definition) is 2. The highest BCUT2D eigenvalue weighted by Gasteiger charge is 2.10. The second kappa shape index (κ2) is 5.67. The van der Waals surface area contributed by atoms with Crippen LogP contribution in [0.5, 0.6) is 0 Å². The van der Waals surface area contributed by atoms with E-state index in [4.69, 9.17) is 11.6 Å². The van der Waals surface area contributed by atoms with Gasteiger partial charge in [0.15, 0.2) is 0 Å². The van der Waals surface area contributed by atoms with Crippen LogP contribution in [0.1, 0.15) is 15.9 Å². The average molecular weight is 344 g/mol. The number of aromatic nitrogens is 1. The third-order valence-corrected chi connectivity index (χ3v) is 3.32. The maximum absolute atomic E-state index is 13.3. The number of hydrogen-bond donors (Lipinski definition) is 1. The van der Waals surface area contributed by atoms with Crippen LogP contribution in [-0.2, 0) is 0 Å². The van der Waals surface area contributed by atoms with Crippen molar-refractivity contribution in [3.63, 3.8) is 0 Å². The minimum Gasteiger partial charge on any atom is -0.322 e. The third-order valence-electron chi connectivity index (χ3n) is 2.50. The molecule has 0 spiro atoms. The molecule has 2 rings (SSSR count). The van der Waals surface area contributed by atoms with Crippen LogP contribution in [0.3, 0.4) is 0 Å². The molecule has 1 amide bonds. The van der Waals surface area contributed by atoms with Gasteiger partial charge in [0.2, 0.25) is 0 Å². The molecular weight excluding hydrogens is 335 g/mol. The van der Waals surface area contributed by atoms with Crippen molar-refractivity contribution in [1.29, 1.82) is 0 Å². The van der Waals surface area contributed by atoms with Gasteiger partial charge in [-0.05, 0) is 52.7 Å². The van der Waals surface area contributed by atoms with Gasteiger partial charge < -0.3 is 5.32 Å². The van der Waals surface area contributed by atoms with Crippen molar-refractivity contribution in [2.24, 2.45) is 0 Å². The summed E-state index contributed by atoms with van der Waals surface area (Å²) in [6, 6.07) is 5.88. The van der Waals surface area contributed by atoms with Crippen molar-refractivity contribution in [2.75, 3.05) is 5.32 Å². The number of pyridine rings is 1. The van der Waals surface area contributed by atoms with Gasteiger partial charge in [0.25, 0.3) is 5.91 Å². The first-order valence-corrected chi connectivity index (χ1v) is 6.53. The summed E-state index contributed by atoms with van der Waals surface area (Å²) in [7, 11) is 0. The Balaban J connectivity index is 2.27. The lowest BCUT2D eigenvalue weighted by molar-refractivity contribution is 0.102. The smallest absolute Gasteiger partial charge is 0.255 e. The van der Waals surface area contributed by atoms with Crippen LogP contribution in [0.2, 0.25) is 5.15 Å². The van der Waals surface area contributed by atoms with E-state index >= 15 is 0 Å². The summed E-state index contributed by atoms with van der Waals surface area (Å²) in [5, 5.41) is 2.94. The quantitative estimate of drug-likeness (QED) is 0.831. The largest absolute Gasteiger partial charge is 0.322 e. The van der Waals surface area contributed by atoms with Gasteiger partial charge in [0.1, 0.15) is 11.0 Å². The van der Waals surface area contributed by atoms with Gasteiger partial charge >= 0.3 is 0 Å². The standard InChI is InChI=1S/C13H9BrClFN2O/c1-7-4-10(16)9(14)6-11(7)18-13(19)8-2-3-17-12(15)5-8/h2-6H,1H3,(H,18,19). The van der Waals surface area contributed by atoms with Gasteiger partial charge in [0.05, 0.1) is 4.47 Å². The lowest BCUT2D eigenvalue weighted by atomic mass is 10.2. The molecule has 1 heterocycles. The van der Waals surface area contributed by atoms with Crippen LogP contribution in [0.15, 0.2) is 34.9 Å². The lowest BCUT2D eigenvalue weighted by Crippen LogP contribution is -2.13. The molecule has 98 valence electrons. The molecule has 0 aliphatic heterocycles. The number of carbonyl (C=O) groups is 1. The van der Waals surface area contributed by atoms with Crippen LogP contribution in [0, 0.1) is 12.7 Å². The molecule has 6 heteroatoms. The Bertz CT molecular complexity index is 649. The molecule has 0 atom stereocenters. The molecule has 1 N–H and O–H groups in total. The first-order chi connectivity index (χ1) is 8.97. The molecule has 0 saturated heterocycles. The molecule has 1 aromatic heterocycles. The maximum Gasteiger partial charge on any atom is 0.255 e. The van der Waals surface area contributed by atoms with Crippen molar-refractivity contribution < 1.29 is 9.18 Å². The molecule has 0 bridgehead atoms. The van der Waals surface area contributed by atoms with E-state index in [1.165, 1.54) is 24.4 Å². The Hall–Kier alpha value is -1.46. The van der Waals surface area contributed by atoms with Gasteiger partial charge in [-0.2, -0.15) is 0 Å². The van der Waals surface area contributed by atoms with Crippen molar-refractivity contribution in [2.45, 2.75) is 6.92 Å². The Morgan fingerprint density at radius 2 is 2.16 bits per heavy atom. The van der Waals surface area contributed by atoms with Crippen LogP contribution in [-0.4, -0.2) is 10.9 Å². The average Bonchev–Trinajstić information content (AvgIpc) is 2.36. The lowest BCUT2D eigenvalue weighted by Gasteiger charge is -2.09. The first-order valence-electron chi connectivity index (χ1n) is 5.36. The predicted molar refractivity (Wildman–Crippen MR) is 76.0 cm³/mol. The molecule has 0 aliphatic carbocycles. The molecule has 0 saturated carbocycles. The normalized spacial score (nSPS) is 10.3. The Labute approximate surface area is 122 Å². The summed E-state index contributed by atoms with van der Waals surface area (Å²) in [5.41, 5.74) is 1.56. The number of nitrogens with zero attached hydrogens (tertiary/aromatic N) is 1. The van der Waals surface area contributed by atoms with E-state index in [1.807, 2.05) is 0 Å². The van der Waals surface area contributed by atoms with Crippen LogP contribution in [0.4, 0.5) is 10.1 Å². The molecule has 0 radical (unpaired) electrons. The summed E-state index contributed by atoms with van der Waals surface area (Å²) in [6.45, 7) is 1.71. The highest BCUT2D eigenvalue weighted by molar-refractivity contribution is 9.10. The number of aryl methyl sites for hydroxylation is 1. The van der Waals surface area contributed by atoms with Crippen molar-refractivity contribution in [1.82, 2.24) is 4.98 Å². The molecule has 1 aromatic carbocycles. The minimum absolute atomic E-state index is 0.240. The number of benzene rings is 1. The van der Waals surface area contributed by atoms with Gasteiger partial charge in [0, 0.05) is 17.4 Å². The zero-order valence-electron chi connectivity index (χ0n) is 9.88. The van der Waals surface area contributed by atoms with Crippen LogP contribution >= 0.6 is 27.5 Å². The highest BCUT2D eigenvalue weighted by Crippen LogP contribution is 2.24. The maximum atomic E-state index is 13.3. The number of halogens is 3. The topological polar surface area (TPSA) is 42.0 Å². The summed E-state index contributed by atoms with van der Waals surface area (Å²) >= 11 is 8.80. The van der Waals surface area contributed by atoms with Crippen molar-refractivity contribution in [3.8, 4) is 0 Å². The number of rotatable bonds is 2. The number of nitrogens with one attached hydrogen (secondary N) is 1. The fourth-order valence-electron chi connectivity index (χ4n) is 1.52. The summed E-state index contributed by atoms with van der Waals surface area (Å²) in [6.07, 6.45) is 1.45. The van der Waals surface area contributed by atoms with Crippen molar-refractivity contribution >= 4 is 39.1 Å². The molecule has 3 nitrogen and oxygen atoms in total. The molecule has 0 aliphatic rings. The summed E-state index contributed by atoms with van der Waals surface area (Å²) in [5.74, 6) is -0.701. The SMILES string of the molecule is Cc1cc(F)c(Br)cc1NC(=O)c1ccnc(Cl)c1. The molecule has 19 heavy (non-hydrogen) atoms. The van der Waals surface area contributed by atoms with E-state index < -0.39 is 0 Å². The van der Waals surface area contributed by atoms with Gasteiger partial charge in [-0.1, -0.05) is 11.6 Å². The molecule has 0 unspecified atom stereocenters. The predicted octanol–water partition coefficient (Wildman–Crippen LogP) is 4.20. The Morgan fingerprint density at radius 3 is 2.84 bits per heavy atom. The monoisotopic (exact) mass is 342 g/mol. The Morgan fingerprint density at radius 1 is 1.42 bits per heavy atom. The fraction of sp³-hybridized carbons (Fsp3) is 0.0769. The van der Waals surface area contributed by atoms with E-state index in [0.29, 0.717) is 21.3 Å². The zero-order chi connectivity index (χ0) is 14.0. The third kappa shape index (κ3) is 3.30. The first kappa shape index (κ1) is 14.0. The van der Waals surface area contributed by atoms with Gasteiger partial charge in [-0.25, -0.2) is 9.37 Å². The summed E-state index contributed by atoms with van der Waals surface area (Å²) in [4.78, 5) is 15.8. The molecule has 2 aromatic rings. The van der Waals surface area contributed by atoms with Crippen LogP contribution < -0.4 is 5.32 Å². The Kier molecular flexibility index (Phi) is 4.17. The van der Waals surface area contributed by atoms with Gasteiger partial charge in [-0.15, -0.1) is 0 Å². The van der Waals surface area contributed by atoms with Crippen molar-refractivity contribution in [3.05, 3.63) is 57.0 Å². The van der Waals surface area contributed by atoms with E-state index in [9.17, 15) is 9.18 Å². The fourth-order valence-corrected chi connectivity index (χ4v) is 2.04. The van der Waals surface area contributed by atoms with E-state index in [-0.39, 0.29) is 16.9 Å². The van der Waals surface area contributed by atoms with E-state index in [2.05, 4.69) is 26.2 Å². The van der Waals surface area contributed by atoms with Crippen LogP contribution in [0.25, 0.3) is 0 Å². The molecule has 0 fully saturated rings. The van der Waals surface area contributed by atoms with E-state index in [0.717, 1.165) is 0 Å². The summed E-state index contributed by atoms with van der Waals surface area (Å²) < 4.78 is 13.6. The molecular formula is C13H9BrClFN2O. The second-order valence-corrected chi connectivity index (χ2v) is 5.14. The number of anilines is 1. The second-order valence-electron chi connectivity index (χ2n) is 3.90. The van der Waals surface area contributed by atoms with Gasteiger partial charge in [-0.3, -0.25) is 4.79 Å². The minimum atomic E-state index is -0.373. The van der Waals surface area contributed by atoms with E-state index in [1.54, 1.807) is 13.0 Å². The number of amides is 1. The zero-order valence-corrected chi connectivity index (χ0v) is 12.2. The highest BCUT2D eigenvalue weighted by atomic mass is 79.9. The number of carbonyl (C=O) groups excluding carboxylic acids is 1.